The zero-order valence-electron chi connectivity index (χ0n) is 11.1. The van der Waals surface area contributed by atoms with Crippen LogP contribution < -0.4 is 5.32 Å². The lowest BCUT2D eigenvalue weighted by atomic mass is 10.0. The minimum atomic E-state index is 0.248. The van der Waals surface area contributed by atoms with Gasteiger partial charge in [0.1, 0.15) is 5.76 Å². The first-order valence-corrected chi connectivity index (χ1v) is 7.45. The van der Waals surface area contributed by atoms with Crippen LogP contribution in [0.3, 0.4) is 0 Å². The maximum Gasteiger partial charge on any atom is 0.134 e. The van der Waals surface area contributed by atoms with Crippen LogP contribution in [-0.4, -0.2) is 11.5 Å². The molecular formula is C15H19BrN2O. The van der Waals surface area contributed by atoms with Crippen LogP contribution in [0.5, 0.6) is 0 Å². The summed E-state index contributed by atoms with van der Waals surface area (Å²) in [5, 5.41) is 3.54. The van der Waals surface area contributed by atoms with Crippen molar-refractivity contribution in [2.75, 3.05) is 6.54 Å². The first kappa shape index (κ1) is 14.3. The molecule has 19 heavy (non-hydrogen) atoms. The van der Waals surface area contributed by atoms with Gasteiger partial charge in [0.2, 0.25) is 0 Å². The number of nitrogens with zero attached hydrogens (tertiary/aromatic N) is 1. The lowest BCUT2D eigenvalue weighted by Crippen LogP contribution is -2.22. The molecule has 0 aliphatic heterocycles. The lowest BCUT2D eigenvalue weighted by Gasteiger charge is -2.17. The van der Waals surface area contributed by atoms with Crippen molar-refractivity contribution < 1.29 is 4.42 Å². The average Bonchev–Trinajstić information content (AvgIpc) is 2.86. The molecule has 0 spiro atoms. The Morgan fingerprint density at radius 2 is 2.11 bits per heavy atom. The van der Waals surface area contributed by atoms with Crippen molar-refractivity contribution in [2.24, 2.45) is 0 Å². The third kappa shape index (κ3) is 4.18. The van der Waals surface area contributed by atoms with Crippen LogP contribution in [0.4, 0.5) is 0 Å². The van der Waals surface area contributed by atoms with E-state index in [1.807, 2.05) is 18.5 Å². The predicted octanol–water partition coefficient (Wildman–Crippen LogP) is 4.11. The lowest BCUT2D eigenvalue weighted by molar-refractivity contribution is 0.394. The highest BCUT2D eigenvalue weighted by Gasteiger charge is 2.17. The molecule has 0 saturated carbocycles. The molecule has 0 radical (unpaired) electrons. The van der Waals surface area contributed by atoms with E-state index in [-0.39, 0.29) is 6.04 Å². The summed E-state index contributed by atoms with van der Waals surface area (Å²) in [4.78, 5) is 4.04. The van der Waals surface area contributed by atoms with Gasteiger partial charge in [-0.05, 0) is 65.5 Å². The Morgan fingerprint density at radius 3 is 2.74 bits per heavy atom. The summed E-state index contributed by atoms with van der Waals surface area (Å²) >= 11 is 3.54. The van der Waals surface area contributed by atoms with Crippen molar-refractivity contribution in [2.45, 2.75) is 32.2 Å². The van der Waals surface area contributed by atoms with E-state index in [1.54, 1.807) is 6.26 Å². The highest BCUT2D eigenvalue weighted by atomic mass is 79.9. The van der Waals surface area contributed by atoms with Crippen molar-refractivity contribution >= 4 is 15.9 Å². The summed E-state index contributed by atoms with van der Waals surface area (Å²) in [6.07, 6.45) is 8.54. The van der Waals surface area contributed by atoms with Gasteiger partial charge in [0.25, 0.3) is 0 Å². The van der Waals surface area contributed by atoms with Crippen LogP contribution in [0.2, 0.25) is 0 Å². The number of hydrogen-bond acceptors (Lipinski definition) is 3. The fraction of sp³-hybridized carbons (Fsp3) is 0.400. The molecule has 4 heteroatoms. The van der Waals surface area contributed by atoms with Crippen LogP contribution in [0.1, 0.15) is 37.1 Å². The molecule has 2 aromatic rings. The van der Waals surface area contributed by atoms with E-state index < -0.39 is 0 Å². The monoisotopic (exact) mass is 322 g/mol. The molecule has 0 fully saturated rings. The Hall–Kier alpha value is -1.13. The molecule has 1 N–H and O–H groups in total. The molecule has 0 aliphatic carbocycles. The number of pyridine rings is 1. The molecule has 102 valence electrons. The van der Waals surface area contributed by atoms with E-state index in [4.69, 9.17) is 4.42 Å². The Balaban J connectivity index is 2.00. The van der Waals surface area contributed by atoms with Crippen molar-refractivity contribution in [3.63, 3.8) is 0 Å². The highest BCUT2D eigenvalue weighted by Crippen LogP contribution is 2.27. The van der Waals surface area contributed by atoms with Crippen LogP contribution in [-0.2, 0) is 6.42 Å². The molecule has 0 aliphatic rings. The average molecular weight is 323 g/mol. The fourth-order valence-corrected chi connectivity index (χ4v) is 2.54. The minimum absolute atomic E-state index is 0.248. The zero-order chi connectivity index (χ0) is 13.5. The fourth-order valence-electron chi connectivity index (χ4n) is 2.06. The molecular weight excluding hydrogens is 304 g/mol. The molecule has 0 amide bonds. The van der Waals surface area contributed by atoms with Gasteiger partial charge in [0, 0.05) is 12.4 Å². The number of aromatic nitrogens is 1. The largest absolute Gasteiger partial charge is 0.466 e. The minimum Gasteiger partial charge on any atom is -0.466 e. The number of aryl methyl sites for hydroxylation is 1. The second-order valence-electron chi connectivity index (χ2n) is 4.53. The van der Waals surface area contributed by atoms with Gasteiger partial charge in [-0.15, -0.1) is 0 Å². The van der Waals surface area contributed by atoms with Gasteiger partial charge in [-0.25, -0.2) is 0 Å². The van der Waals surface area contributed by atoms with E-state index >= 15 is 0 Å². The molecule has 0 bridgehead atoms. The van der Waals surface area contributed by atoms with Crippen LogP contribution in [0.25, 0.3) is 0 Å². The number of halogens is 1. The van der Waals surface area contributed by atoms with Gasteiger partial charge in [-0.1, -0.05) is 6.92 Å². The van der Waals surface area contributed by atoms with Crippen LogP contribution in [0.15, 0.2) is 45.7 Å². The summed E-state index contributed by atoms with van der Waals surface area (Å²) in [6, 6.07) is 6.32. The summed E-state index contributed by atoms with van der Waals surface area (Å²) in [7, 11) is 0. The molecule has 2 aromatic heterocycles. The number of furan rings is 1. The summed E-state index contributed by atoms with van der Waals surface area (Å²) in [6.45, 7) is 3.16. The van der Waals surface area contributed by atoms with Crippen molar-refractivity contribution in [3.05, 3.63) is 52.7 Å². The van der Waals surface area contributed by atoms with E-state index in [0.717, 1.165) is 36.0 Å². The van der Waals surface area contributed by atoms with Crippen molar-refractivity contribution in [3.8, 4) is 0 Å². The molecule has 1 unspecified atom stereocenters. The van der Waals surface area contributed by atoms with Crippen LogP contribution in [0, 0.1) is 0 Å². The first-order chi connectivity index (χ1) is 9.31. The van der Waals surface area contributed by atoms with E-state index in [0.29, 0.717) is 0 Å². The molecule has 2 heterocycles. The highest BCUT2D eigenvalue weighted by molar-refractivity contribution is 9.10. The molecule has 1 atom stereocenters. The van der Waals surface area contributed by atoms with E-state index in [1.165, 1.54) is 5.56 Å². The smallest absolute Gasteiger partial charge is 0.134 e. The molecule has 0 saturated heterocycles. The van der Waals surface area contributed by atoms with Gasteiger partial charge < -0.3 is 9.73 Å². The van der Waals surface area contributed by atoms with Gasteiger partial charge in [-0.2, -0.15) is 0 Å². The standard InChI is InChI=1S/C15H19BrN2O/c1-2-8-18-14(15-13(16)7-11-19-15)4-3-12-5-9-17-10-6-12/h5-7,9-11,14,18H,2-4,8H2,1H3. The Bertz CT molecular complexity index is 484. The second-order valence-corrected chi connectivity index (χ2v) is 5.39. The first-order valence-electron chi connectivity index (χ1n) is 6.66. The topological polar surface area (TPSA) is 38.1 Å². The quantitative estimate of drug-likeness (QED) is 0.833. The van der Waals surface area contributed by atoms with Crippen molar-refractivity contribution in [1.29, 1.82) is 0 Å². The van der Waals surface area contributed by atoms with Gasteiger partial charge in [-0.3, -0.25) is 4.98 Å². The number of hydrogen-bond donors (Lipinski definition) is 1. The maximum absolute atomic E-state index is 5.59. The number of rotatable bonds is 7. The third-order valence-electron chi connectivity index (χ3n) is 3.07. The molecule has 0 aromatic carbocycles. The molecule has 3 nitrogen and oxygen atoms in total. The normalized spacial score (nSPS) is 12.5. The van der Waals surface area contributed by atoms with Crippen LogP contribution >= 0.6 is 15.9 Å². The zero-order valence-corrected chi connectivity index (χ0v) is 12.7. The van der Waals surface area contributed by atoms with E-state index in [9.17, 15) is 0 Å². The SMILES string of the molecule is CCCNC(CCc1ccncc1)c1occc1Br. The number of nitrogens with one attached hydrogen (secondary N) is 1. The van der Waals surface area contributed by atoms with Crippen molar-refractivity contribution in [1.82, 2.24) is 10.3 Å². The molecule has 2 rings (SSSR count). The summed E-state index contributed by atoms with van der Waals surface area (Å²) in [5.41, 5.74) is 1.31. The second kappa shape index (κ2) is 7.46. The van der Waals surface area contributed by atoms with Gasteiger partial charge in [0.05, 0.1) is 16.8 Å². The van der Waals surface area contributed by atoms with E-state index in [2.05, 4.69) is 45.3 Å². The Labute approximate surface area is 122 Å². The van der Waals surface area contributed by atoms with Gasteiger partial charge in [0.15, 0.2) is 0 Å². The Kier molecular flexibility index (Phi) is 5.61. The summed E-state index contributed by atoms with van der Waals surface area (Å²) < 4.78 is 6.63. The maximum atomic E-state index is 5.59. The summed E-state index contributed by atoms with van der Waals surface area (Å²) in [5.74, 6) is 0.988. The Morgan fingerprint density at radius 1 is 1.32 bits per heavy atom. The van der Waals surface area contributed by atoms with Gasteiger partial charge >= 0.3 is 0 Å². The predicted molar refractivity (Wildman–Crippen MR) is 80.0 cm³/mol. The third-order valence-corrected chi connectivity index (χ3v) is 3.73.